The van der Waals surface area contributed by atoms with E-state index in [0.717, 1.165) is 18.7 Å². The minimum atomic E-state index is -0.243. The Kier molecular flexibility index (Phi) is 4.74. The first kappa shape index (κ1) is 13.8. The van der Waals surface area contributed by atoms with Gasteiger partial charge in [0, 0.05) is 37.8 Å². The number of halogens is 1. The number of aliphatic hydroxyl groups excluding tert-OH is 1. The summed E-state index contributed by atoms with van der Waals surface area (Å²) in [5, 5.41) is 11.6. The van der Waals surface area contributed by atoms with Gasteiger partial charge in [0.05, 0.1) is 0 Å². The Morgan fingerprint density at radius 2 is 2.37 bits per heavy atom. The number of hydrogen-bond donors (Lipinski definition) is 2. The Morgan fingerprint density at radius 1 is 1.53 bits per heavy atom. The maximum atomic E-state index is 13.1. The number of hydrogen-bond acceptors (Lipinski definition) is 3. The van der Waals surface area contributed by atoms with Crippen LogP contribution in [0.2, 0.25) is 0 Å². The van der Waals surface area contributed by atoms with Gasteiger partial charge in [-0.1, -0.05) is 6.07 Å². The molecule has 104 valence electrons. The van der Waals surface area contributed by atoms with Crippen molar-refractivity contribution in [1.29, 1.82) is 0 Å². The van der Waals surface area contributed by atoms with Crippen LogP contribution in [0.25, 0.3) is 0 Å². The molecule has 0 spiro atoms. The van der Waals surface area contributed by atoms with Crippen molar-refractivity contribution in [1.82, 2.24) is 5.32 Å². The Balaban J connectivity index is 1.84. The molecule has 0 saturated carbocycles. The minimum absolute atomic E-state index is 0.0276. The van der Waals surface area contributed by atoms with Crippen LogP contribution >= 0.6 is 0 Å². The lowest BCUT2D eigenvalue weighted by atomic mass is 10.2. The number of rotatable bonds is 5. The lowest BCUT2D eigenvalue weighted by Gasteiger charge is -2.19. The van der Waals surface area contributed by atoms with Crippen LogP contribution in [0.4, 0.5) is 10.1 Å². The van der Waals surface area contributed by atoms with Crippen molar-refractivity contribution in [3.05, 3.63) is 30.1 Å². The van der Waals surface area contributed by atoms with Gasteiger partial charge >= 0.3 is 0 Å². The standard InChI is InChI=1S/C14H19FN2O2/c15-11-3-1-4-13(9-11)17-7-6-12(10-17)16-14(19)5-2-8-18/h1,3-4,9,12,18H,2,5-8,10H2,(H,16,19). The zero-order chi connectivity index (χ0) is 13.7. The van der Waals surface area contributed by atoms with Crippen LogP contribution in [0, 0.1) is 5.82 Å². The van der Waals surface area contributed by atoms with Crippen LogP contribution in [0.3, 0.4) is 0 Å². The molecule has 1 aliphatic heterocycles. The highest BCUT2D eigenvalue weighted by Gasteiger charge is 2.23. The first-order valence-corrected chi connectivity index (χ1v) is 6.60. The summed E-state index contributed by atoms with van der Waals surface area (Å²) >= 11 is 0. The number of anilines is 1. The first-order chi connectivity index (χ1) is 9.19. The van der Waals surface area contributed by atoms with E-state index < -0.39 is 0 Å². The summed E-state index contributed by atoms with van der Waals surface area (Å²) in [4.78, 5) is 13.6. The fourth-order valence-corrected chi connectivity index (χ4v) is 2.32. The minimum Gasteiger partial charge on any atom is -0.396 e. The second-order valence-corrected chi connectivity index (χ2v) is 4.81. The Labute approximate surface area is 112 Å². The van der Waals surface area contributed by atoms with Gasteiger partial charge in [-0.3, -0.25) is 4.79 Å². The Morgan fingerprint density at radius 3 is 3.11 bits per heavy atom. The third-order valence-corrected chi connectivity index (χ3v) is 3.29. The average molecular weight is 266 g/mol. The molecule has 1 saturated heterocycles. The molecular formula is C14H19FN2O2. The molecule has 2 rings (SSSR count). The van der Waals surface area contributed by atoms with Gasteiger partial charge in [0.1, 0.15) is 5.82 Å². The molecule has 2 N–H and O–H groups in total. The van der Waals surface area contributed by atoms with E-state index in [0.29, 0.717) is 19.4 Å². The van der Waals surface area contributed by atoms with Crippen LogP contribution in [-0.2, 0) is 4.79 Å². The fourth-order valence-electron chi connectivity index (χ4n) is 2.32. The van der Waals surface area contributed by atoms with Gasteiger partial charge in [-0.15, -0.1) is 0 Å². The van der Waals surface area contributed by atoms with Gasteiger partial charge in [0.15, 0.2) is 0 Å². The van der Waals surface area contributed by atoms with Crippen LogP contribution in [0.15, 0.2) is 24.3 Å². The molecular weight excluding hydrogens is 247 g/mol. The number of nitrogens with one attached hydrogen (secondary N) is 1. The average Bonchev–Trinajstić information content (AvgIpc) is 2.85. The van der Waals surface area contributed by atoms with Crippen LogP contribution in [0.5, 0.6) is 0 Å². The molecule has 1 aromatic rings. The molecule has 0 radical (unpaired) electrons. The molecule has 1 aromatic carbocycles. The fraction of sp³-hybridized carbons (Fsp3) is 0.500. The first-order valence-electron chi connectivity index (χ1n) is 6.60. The van der Waals surface area contributed by atoms with Gasteiger partial charge in [0.2, 0.25) is 5.91 Å². The highest BCUT2D eigenvalue weighted by atomic mass is 19.1. The summed E-state index contributed by atoms with van der Waals surface area (Å²) in [5.74, 6) is -0.270. The van der Waals surface area contributed by atoms with Gasteiger partial charge in [-0.2, -0.15) is 0 Å². The lowest BCUT2D eigenvalue weighted by Crippen LogP contribution is -2.37. The topological polar surface area (TPSA) is 52.6 Å². The summed E-state index contributed by atoms with van der Waals surface area (Å²) < 4.78 is 13.1. The van der Waals surface area contributed by atoms with Gasteiger partial charge in [-0.05, 0) is 31.0 Å². The molecule has 1 aliphatic rings. The van der Waals surface area contributed by atoms with Crippen molar-refractivity contribution < 1.29 is 14.3 Å². The SMILES string of the molecule is O=C(CCCO)NC1CCN(c2cccc(F)c2)C1. The van der Waals surface area contributed by atoms with E-state index in [1.54, 1.807) is 6.07 Å². The highest BCUT2D eigenvalue weighted by molar-refractivity contribution is 5.76. The summed E-state index contributed by atoms with van der Waals surface area (Å²) in [7, 11) is 0. The molecule has 5 heteroatoms. The predicted octanol–water partition coefficient (Wildman–Crippen LogP) is 1.29. The van der Waals surface area contributed by atoms with Crippen molar-refractivity contribution in [2.75, 3.05) is 24.6 Å². The Hall–Kier alpha value is -1.62. The number of carbonyl (C=O) groups excluding carboxylic acids is 1. The molecule has 1 atom stereocenters. The van der Waals surface area contributed by atoms with Crippen LogP contribution in [0.1, 0.15) is 19.3 Å². The third kappa shape index (κ3) is 3.92. The number of benzene rings is 1. The van der Waals surface area contributed by atoms with Gasteiger partial charge in [-0.25, -0.2) is 4.39 Å². The zero-order valence-corrected chi connectivity index (χ0v) is 10.8. The van der Waals surface area contributed by atoms with Gasteiger partial charge < -0.3 is 15.3 Å². The molecule has 1 unspecified atom stereocenters. The number of nitrogens with zero attached hydrogens (tertiary/aromatic N) is 1. The summed E-state index contributed by atoms with van der Waals surface area (Å²) in [5.41, 5.74) is 0.854. The van der Waals surface area contributed by atoms with Crippen molar-refractivity contribution in [2.45, 2.75) is 25.3 Å². The summed E-state index contributed by atoms with van der Waals surface area (Å²) in [6, 6.07) is 6.61. The smallest absolute Gasteiger partial charge is 0.220 e. The molecule has 1 amide bonds. The van der Waals surface area contributed by atoms with E-state index in [1.807, 2.05) is 6.07 Å². The molecule has 4 nitrogen and oxygen atoms in total. The van der Waals surface area contributed by atoms with Crippen LogP contribution < -0.4 is 10.2 Å². The number of amides is 1. The van der Waals surface area contributed by atoms with Crippen molar-refractivity contribution >= 4 is 11.6 Å². The monoisotopic (exact) mass is 266 g/mol. The van der Waals surface area contributed by atoms with Crippen LogP contribution in [-0.4, -0.2) is 36.8 Å². The highest BCUT2D eigenvalue weighted by Crippen LogP contribution is 2.21. The largest absolute Gasteiger partial charge is 0.396 e. The molecule has 1 fully saturated rings. The van der Waals surface area contributed by atoms with Crippen molar-refractivity contribution in [3.8, 4) is 0 Å². The third-order valence-electron chi connectivity index (χ3n) is 3.29. The molecule has 0 aliphatic carbocycles. The Bertz CT molecular complexity index is 439. The van der Waals surface area contributed by atoms with Crippen molar-refractivity contribution in [2.24, 2.45) is 0 Å². The maximum absolute atomic E-state index is 13.1. The van der Waals surface area contributed by atoms with E-state index >= 15 is 0 Å². The van der Waals surface area contributed by atoms with Crippen molar-refractivity contribution in [3.63, 3.8) is 0 Å². The lowest BCUT2D eigenvalue weighted by molar-refractivity contribution is -0.121. The normalized spacial score (nSPS) is 18.6. The summed E-state index contributed by atoms with van der Waals surface area (Å²) in [6.07, 6.45) is 1.71. The molecule has 1 heterocycles. The second-order valence-electron chi connectivity index (χ2n) is 4.81. The summed E-state index contributed by atoms with van der Waals surface area (Å²) in [6.45, 7) is 1.55. The van der Waals surface area contributed by atoms with E-state index in [-0.39, 0.29) is 24.4 Å². The van der Waals surface area contributed by atoms with Gasteiger partial charge in [0.25, 0.3) is 0 Å². The number of carbonyl (C=O) groups is 1. The van der Waals surface area contributed by atoms with E-state index in [4.69, 9.17) is 5.11 Å². The maximum Gasteiger partial charge on any atom is 0.220 e. The molecule has 19 heavy (non-hydrogen) atoms. The number of aliphatic hydroxyl groups is 1. The zero-order valence-electron chi connectivity index (χ0n) is 10.8. The molecule has 0 aromatic heterocycles. The molecule has 0 bridgehead atoms. The van der Waals surface area contributed by atoms with E-state index in [1.165, 1.54) is 12.1 Å². The van der Waals surface area contributed by atoms with E-state index in [9.17, 15) is 9.18 Å². The van der Waals surface area contributed by atoms with E-state index in [2.05, 4.69) is 10.2 Å². The predicted molar refractivity (Wildman–Crippen MR) is 71.5 cm³/mol. The second kappa shape index (κ2) is 6.52. The quantitative estimate of drug-likeness (QED) is 0.844.